The molecule has 0 radical (unpaired) electrons. The van der Waals surface area contributed by atoms with Gasteiger partial charge in [0, 0.05) is 0 Å². The van der Waals surface area contributed by atoms with E-state index in [-0.39, 0.29) is 0 Å². The van der Waals surface area contributed by atoms with Crippen LogP contribution in [0.15, 0.2) is 11.1 Å². The molecule has 0 fully saturated rings. The molecule has 0 N–H and O–H groups in total. The maximum absolute atomic E-state index is 2.33. The van der Waals surface area contributed by atoms with Gasteiger partial charge >= 0.3 is 0 Å². The minimum atomic E-state index is 0.993. The number of rotatable bonds is 2. The van der Waals surface area contributed by atoms with Crippen LogP contribution in [0.4, 0.5) is 0 Å². The zero-order valence-corrected chi connectivity index (χ0v) is 7.69. The van der Waals surface area contributed by atoms with E-state index >= 15 is 0 Å². The Labute approximate surface area is 69.7 Å². The molecule has 0 saturated carbocycles. The number of allylic oxidation sites excluding steroid dienone is 2. The molecule has 0 nitrogen and oxygen atoms in total. The quantitative estimate of drug-likeness (QED) is 0.528. The van der Waals surface area contributed by atoms with Crippen LogP contribution in [-0.2, 0) is 0 Å². The number of hydrogen-bond acceptors (Lipinski definition) is 0. The third-order valence-corrected chi connectivity index (χ3v) is 3.61. The van der Waals surface area contributed by atoms with Crippen LogP contribution in [0.25, 0.3) is 0 Å². The van der Waals surface area contributed by atoms with E-state index in [0.29, 0.717) is 0 Å². The fourth-order valence-corrected chi connectivity index (χ4v) is 2.79. The van der Waals surface area contributed by atoms with E-state index in [1.165, 1.54) is 32.1 Å². The molecule has 2 atom stereocenters. The van der Waals surface area contributed by atoms with Crippen LogP contribution in [0.1, 0.15) is 46.0 Å². The maximum atomic E-state index is 2.33. The largest absolute Gasteiger partial charge is 0.0673 e. The summed E-state index contributed by atoms with van der Waals surface area (Å²) in [5.74, 6) is 1.99. The highest BCUT2D eigenvalue weighted by atomic mass is 14.4. The maximum Gasteiger partial charge on any atom is -0.0166 e. The zero-order chi connectivity index (χ0) is 7.84. The topological polar surface area (TPSA) is 0 Å². The van der Waals surface area contributed by atoms with Gasteiger partial charge in [0.25, 0.3) is 0 Å². The molecule has 0 aromatic heterocycles. The second kappa shape index (κ2) is 2.66. The highest BCUT2D eigenvalue weighted by Crippen LogP contribution is 2.50. The summed E-state index contributed by atoms with van der Waals surface area (Å²) in [7, 11) is 0. The first kappa shape index (κ1) is 7.39. The second-order valence-corrected chi connectivity index (χ2v) is 4.00. The van der Waals surface area contributed by atoms with Crippen molar-refractivity contribution in [3.8, 4) is 0 Å². The molecule has 11 heavy (non-hydrogen) atoms. The third kappa shape index (κ3) is 0.953. The van der Waals surface area contributed by atoms with Gasteiger partial charge in [-0.2, -0.15) is 0 Å². The molecule has 0 heterocycles. The lowest BCUT2D eigenvalue weighted by molar-refractivity contribution is 0.481. The minimum Gasteiger partial charge on any atom is -0.0673 e. The van der Waals surface area contributed by atoms with Crippen LogP contribution in [0.5, 0.6) is 0 Å². The van der Waals surface area contributed by atoms with E-state index in [9.17, 15) is 0 Å². The molecule has 0 heteroatoms. The van der Waals surface area contributed by atoms with Gasteiger partial charge in [-0.15, -0.1) is 0 Å². The van der Waals surface area contributed by atoms with Gasteiger partial charge in [-0.05, 0) is 43.9 Å². The first-order chi connectivity index (χ1) is 5.36. The summed E-state index contributed by atoms with van der Waals surface area (Å²) in [5.41, 5.74) is 3.72. The van der Waals surface area contributed by atoms with Crippen molar-refractivity contribution < 1.29 is 0 Å². The molecule has 0 bridgehead atoms. The van der Waals surface area contributed by atoms with E-state index in [1.54, 1.807) is 0 Å². The lowest BCUT2D eigenvalue weighted by Crippen LogP contribution is -2.16. The Bertz CT molecular complexity index is 188. The van der Waals surface area contributed by atoms with Crippen LogP contribution < -0.4 is 0 Å². The fraction of sp³-hybridized carbons (Fsp3) is 0.818. The Balaban J connectivity index is 2.08. The van der Waals surface area contributed by atoms with E-state index in [2.05, 4.69) is 13.8 Å². The van der Waals surface area contributed by atoms with E-state index in [0.717, 1.165) is 11.8 Å². The summed E-state index contributed by atoms with van der Waals surface area (Å²) >= 11 is 0. The van der Waals surface area contributed by atoms with Gasteiger partial charge in [-0.3, -0.25) is 0 Å². The summed E-state index contributed by atoms with van der Waals surface area (Å²) in [6.45, 7) is 4.66. The van der Waals surface area contributed by atoms with Crippen LogP contribution >= 0.6 is 0 Å². The zero-order valence-electron chi connectivity index (χ0n) is 7.69. The summed E-state index contributed by atoms with van der Waals surface area (Å²) in [4.78, 5) is 0. The Morgan fingerprint density at radius 2 is 1.82 bits per heavy atom. The molecule has 0 saturated heterocycles. The first-order valence-corrected chi connectivity index (χ1v) is 5.08. The molecule has 62 valence electrons. The van der Waals surface area contributed by atoms with Crippen molar-refractivity contribution in [2.24, 2.45) is 11.8 Å². The third-order valence-electron chi connectivity index (χ3n) is 3.61. The Kier molecular flexibility index (Phi) is 1.78. The molecule has 0 aromatic carbocycles. The van der Waals surface area contributed by atoms with Gasteiger partial charge < -0.3 is 0 Å². The van der Waals surface area contributed by atoms with Crippen molar-refractivity contribution in [2.45, 2.75) is 46.0 Å². The Morgan fingerprint density at radius 1 is 1.09 bits per heavy atom. The van der Waals surface area contributed by atoms with Crippen LogP contribution in [0.3, 0.4) is 0 Å². The van der Waals surface area contributed by atoms with E-state index < -0.39 is 0 Å². The van der Waals surface area contributed by atoms with Crippen LogP contribution in [0.2, 0.25) is 0 Å². The lowest BCUT2D eigenvalue weighted by Gasteiger charge is -2.30. The van der Waals surface area contributed by atoms with Gasteiger partial charge in [0.1, 0.15) is 0 Å². The summed E-state index contributed by atoms with van der Waals surface area (Å²) in [6, 6.07) is 0. The molecule has 0 spiro atoms. The Hall–Kier alpha value is -0.260. The average molecular weight is 150 g/mol. The first-order valence-electron chi connectivity index (χ1n) is 5.08. The van der Waals surface area contributed by atoms with Crippen molar-refractivity contribution >= 4 is 0 Å². The molecule has 0 amide bonds. The second-order valence-electron chi connectivity index (χ2n) is 4.00. The minimum absolute atomic E-state index is 0.993. The van der Waals surface area contributed by atoms with Gasteiger partial charge in [-0.1, -0.05) is 25.0 Å². The molecular weight excluding hydrogens is 132 g/mol. The Morgan fingerprint density at radius 3 is 2.45 bits per heavy atom. The highest BCUT2D eigenvalue weighted by molar-refractivity contribution is 5.34. The smallest absolute Gasteiger partial charge is 0.0166 e. The average Bonchev–Trinajstić information content (AvgIpc) is 2.29. The predicted octanol–water partition coefficient (Wildman–Crippen LogP) is 3.53. The van der Waals surface area contributed by atoms with Crippen LogP contribution in [0, 0.1) is 11.8 Å². The molecular formula is C11H18. The molecule has 0 aromatic rings. The highest BCUT2D eigenvalue weighted by Gasteiger charge is 2.35. The summed E-state index contributed by atoms with van der Waals surface area (Å²) in [6.07, 6.45) is 7.12. The van der Waals surface area contributed by atoms with Crippen molar-refractivity contribution in [1.82, 2.24) is 0 Å². The monoisotopic (exact) mass is 150 g/mol. The standard InChI is InChI=1S/C11H18/c1-3-8-5-6-10-9(4-2)7-11(8)10/h8-9H,3-7H2,1-2H3. The van der Waals surface area contributed by atoms with Crippen LogP contribution in [-0.4, -0.2) is 0 Å². The normalized spacial score (nSPS) is 35.5. The van der Waals surface area contributed by atoms with Gasteiger partial charge in [0.05, 0.1) is 0 Å². The van der Waals surface area contributed by atoms with Gasteiger partial charge in [0.15, 0.2) is 0 Å². The molecule has 2 aliphatic rings. The SMILES string of the molecule is CCC1CCC2=C1CC2CC. The summed E-state index contributed by atoms with van der Waals surface area (Å²) in [5, 5.41) is 0. The van der Waals surface area contributed by atoms with Crippen molar-refractivity contribution in [3.63, 3.8) is 0 Å². The number of hydrogen-bond donors (Lipinski definition) is 0. The van der Waals surface area contributed by atoms with Crippen molar-refractivity contribution in [3.05, 3.63) is 11.1 Å². The van der Waals surface area contributed by atoms with E-state index in [1.807, 2.05) is 11.1 Å². The molecule has 2 aliphatic carbocycles. The van der Waals surface area contributed by atoms with Gasteiger partial charge in [0.2, 0.25) is 0 Å². The predicted molar refractivity (Wildman–Crippen MR) is 48.4 cm³/mol. The van der Waals surface area contributed by atoms with Crippen molar-refractivity contribution in [1.29, 1.82) is 0 Å². The van der Waals surface area contributed by atoms with Crippen molar-refractivity contribution in [2.75, 3.05) is 0 Å². The van der Waals surface area contributed by atoms with Gasteiger partial charge in [-0.25, -0.2) is 0 Å². The molecule has 0 aliphatic heterocycles. The molecule has 2 rings (SSSR count). The van der Waals surface area contributed by atoms with E-state index in [4.69, 9.17) is 0 Å². The molecule has 2 unspecified atom stereocenters. The summed E-state index contributed by atoms with van der Waals surface area (Å²) < 4.78 is 0. The fourth-order valence-electron chi connectivity index (χ4n) is 2.79. The lowest BCUT2D eigenvalue weighted by atomic mass is 9.75.